The number of nitrogens with zero attached hydrogens (tertiary/aromatic N) is 3. The van der Waals surface area contributed by atoms with Gasteiger partial charge in [-0.15, -0.1) is 0 Å². The zero-order chi connectivity index (χ0) is 19.2. The molecule has 1 aromatic rings. The summed E-state index contributed by atoms with van der Waals surface area (Å²) in [6.45, 7) is 6.41. The summed E-state index contributed by atoms with van der Waals surface area (Å²) < 4.78 is 0. The van der Waals surface area contributed by atoms with Crippen LogP contribution in [0.1, 0.15) is 36.5 Å². The maximum Gasteiger partial charge on any atom is 0.253 e. The molecule has 0 radical (unpaired) electrons. The van der Waals surface area contributed by atoms with Crippen molar-refractivity contribution in [2.75, 3.05) is 50.7 Å². The number of likely N-dealkylation sites (N-methyl/N-ethyl adjacent to an activating group) is 1. The van der Waals surface area contributed by atoms with Gasteiger partial charge in [0, 0.05) is 56.9 Å². The predicted molar refractivity (Wildman–Crippen MR) is 104 cm³/mol. The second-order valence-electron chi connectivity index (χ2n) is 7.07. The zero-order valence-corrected chi connectivity index (χ0v) is 15.9. The van der Waals surface area contributed by atoms with Crippen molar-refractivity contribution in [2.24, 2.45) is 0 Å². The van der Waals surface area contributed by atoms with Gasteiger partial charge >= 0.3 is 0 Å². The third kappa shape index (κ3) is 4.86. The van der Waals surface area contributed by atoms with E-state index in [1.54, 1.807) is 4.90 Å². The minimum atomic E-state index is -0.0108. The molecule has 0 atom stereocenters. The first-order valence-corrected chi connectivity index (χ1v) is 9.77. The van der Waals surface area contributed by atoms with Crippen LogP contribution in [0.5, 0.6) is 0 Å². The van der Waals surface area contributed by atoms with Gasteiger partial charge in [-0.05, 0) is 38.0 Å². The van der Waals surface area contributed by atoms with Crippen LogP contribution >= 0.6 is 0 Å². The monoisotopic (exact) mass is 372 g/mol. The molecule has 0 saturated carbocycles. The molecule has 0 spiro atoms. The number of benzene rings is 1. The summed E-state index contributed by atoms with van der Waals surface area (Å²) in [4.78, 5) is 42.4. The minimum absolute atomic E-state index is 0.0108. The molecule has 0 aromatic heterocycles. The molecule has 0 aliphatic carbocycles. The quantitative estimate of drug-likeness (QED) is 0.840. The highest BCUT2D eigenvalue weighted by atomic mass is 16.2. The summed E-state index contributed by atoms with van der Waals surface area (Å²) >= 11 is 0. The van der Waals surface area contributed by atoms with E-state index >= 15 is 0 Å². The lowest BCUT2D eigenvalue weighted by atomic mass is 10.1. The smallest absolute Gasteiger partial charge is 0.253 e. The molecular weight excluding hydrogens is 344 g/mol. The van der Waals surface area contributed by atoms with Crippen molar-refractivity contribution in [2.45, 2.75) is 26.2 Å². The summed E-state index contributed by atoms with van der Waals surface area (Å²) in [5.74, 6) is 0.138. The van der Waals surface area contributed by atoms with Gasteiger partial charge in [0.25, 0.3) is 5.91 Å². The number of anilines is 1. The van der Waals surface area contributed by atoms with Crippen molar-refractivity contribution >= 4 is 23.4 Å². The first-order valence-electron chi connectivity index (χ1n) is 9.77. The molecule has 3 rings (SSSR count). The Morgan fingerprint density at radius 1 is 1.07 bits per heavy atom. The van der Waals surface area contributed by atoms with Gasteiger partial charge in [-0.2, -0.15) is 0 Å². The van der Waals surface area contributed by atoms with E-state index in [4.69, 9.17) is 0 Å². The highest BCUT2D eigenvalue weighted by Gasteiger charge is 2.24. The highest BCUT2D eigenvalue weighted by Crippen LogP contribution is 2.23. The summed E-state index contributed by atoms with van der Waals surface area (Å²) in [6.07, 6.45) is 2.28. The average Bonchev–Trinajstić information content (AvgIpc) is 2.96. The molecule has 7 nitrogen and oxygen atoms in total. The molecule has 1 aromatic carbocycles. The van der Waals surface area contributed by atoms with Gasteiger partial charge < -0.3 is 15.1 Å². The fraction of sp³-hybridized carbons (Fsp3) is 0.550. The van der Waals surface area contributed by atoms with Gasteiger partial charge in [-0.1, -0.05) is 6.07 Å². The summed E-state index contributed by atoms with van der Waals surface area (Å²) in [5.41, 5.74) is 1.42. The lowest BCUT2D eigenvalue weighted by molar-refractivity contribution is -0.122. The lowest BCUT2D eigenvalue weighted by Crippen LogP contribution is -2.40. The largest absolute Gasteiger partial charge is 0.355 e. The van der Waals surface area contributed by atoms with Crippen molar-refractivity contribution in [3.8, 4) is 0 Å². The van der Waals surface area contributed by atoms with Gasteiger partial charge in [0.2, 0.25) is 11.8 Å². The number of rotatable bonds is 5. The number of hydrogen-bond donors (Lipinski definition) is 1. The second-order valence-corrected chi connectivity index (χ2v) is 7.07. The Balaban J connectivity index is 1.62. The number of carbonyl (C=O) groups is 3. The fourth-order valence-electron chi connectivity index (χ4n) is 3.70. The molecule has 2 heterocycles. The number of hydrogen-bond acceptors (Lipinski definition) is 4. The predicted octanol–water partition coefficient (Wildman–Crippen LogP) is 1.10. The molecule has 2 fully saturated rings. The van der Waals surface area contributed by atoms with Crippen LogP contribution in [0.15, 0.2) is 24.3 Å². The fourth-order valence-corrected chi connectivity index (χ4v) is 3.70. The van der Waals surface area contributed by atoms with Crippen LogP contribution in [0.25, 0.3) is 0 Å². The van der Waals surface area contributed by atoms with Crippen LogP contribution in [0.4, 0.5) is 5.69 Å². The van der Waals surface area contributed by atoms with E-state index in [0.29, 0.717) is 44.7 Å². The van der Waals surface area contributed by atoms with Crippen LogP contribution < -0.4 is 10.2 Å². The Labute approximate surface area is 160 Å². The molecule has 3 amide bonds. The summed E-state index contributed by atoms with van der Waals surface area (Å²) in [7, 11) is 0. The average molecular weight is 372 g/mol. The van der Waals surface area contributed by atoms with E-state index in [-0.39, 0.29) is 17.7 Å². The maximum absolute atomic E-state index is 13.0. The van der Waals surface area contributed by atoms with E-state index in [0.717, 1.165) is 31.6 Å². The standard InChI is InChI=1S/C20H28N4O3/c1-2-21-18(25)15-22-9-5-10-23(13-12-22)20(27)16-6-3-7-17(14-16)24-11-4-8-19(24)26/h3,6-7,14H,2,4-5,8-13,15H2,1H3,(H,21,25). The molecule has 2 aliphatic heterocycles. The van der Waals surface area contributed by atoms with E-state index < -0.39 is 0 Å². The maximum atomic E-state index is 13.0. The summed E-state index contributed by atoms with van der Waals surface area (Å²) in [6, 6.07) is 7.36. The molecule has 1 N–H and O–H groups in total. The van der Waals surface area contributed by atoms with Gasteiger partial charge in [0.1, 0.15) is 0 Å². The van der Waals surface area contributed by atoms with Crippen molar-refractivity contribution in [1.29, 1.82) is 0 Å². The molecule has 0 bridgehead atoms. The van der Waals surface area contributed by atoms with E-state index in [9.17, 15) is 14.4 Å². The zero-order valence-electron chi connectivity index (χ0n) is 15.9. The molecule has 2 saturated heterocycles. The van der Waals surface area contributed by atoms with E-state index in [1.165, 1.54) is 0 Å². The van der Waals surface area contributed by atoms with Crippen LogP contribution in [0.2, 0.25) is 0 Å². The molecule has 0 unspecified atom stereocenters. The van der Waals surface area contributed by atoms with Gasteiger partial charge in [-0.25, -0.2) is 0 Å². The Morgan fingerprint density at radius 3 is 2.67 bits per heavy atom. The molecule has 146 valence electrons. The molecule has 7 heteroatoms. The lowest BCUT2D eigenvalue weighted by Gasteiger charge is -2.23. The SMILES string of the molecule is CCNC(=O)CN1CCCN(C(=O)c2cccc(N3CCCC3=O)c2)CC1. The van der Waals surface area contributed by atoms with Gasteiger partial charge in [0.15, 0.2) is 0 Å². The number of nitrogens with one attached hydrogen (secondary N) is 1. The van der Waals surface area contributed by atoms with Crippen LogP contribution in [-0.2, 0) is 9.59 Å². The Hall–Kier alpha value is -2.41. The van der Waals surface area contributed by atoms with E-state index in [2.05, 4.69) is 10.2 Å². The number of carbonyl (C=O) groups excluding carboxylic acids is 3. The summed E-state index contributed by atoms with van der Waals surface area (Å²) in [5, 5.41) is 2.82. The van der Waals surface area contributed by atoms with Crippen LogP contribution in [-0.4, -0.2) is 73.3 Å². The Bertz CT molecular complexity index is 706. The normalized spacial score (nSPS) is 18.5. The highest BCUT2D eigenvalue weighted by molar-refractivity contribution is 5.99. The number of amides is 3. The van der Waals surface area contributed by atoms with Gasteiger partial charge in [-0.3, -0.25) is 19.3 Å². The Morgan fingerprint density at radius 2 is 1.93 bits per heavy atom. The van der Waals surface area contributed by atoms with Crippen LogP contribution in [0, 0.1) is 0 Å². The van der Waals surface area contributed by atoms with Crippen LogP contribution in [0.3, 0.4) is 0 Å². The van der Waals surface area contributed by atoms with Crippen molar-refractivity contribution in [1.82, 2.24) is 15.1 Å². The third-order valence-corrected chi connectivity index (χ3v) is 5.10. The van der Waals surface area contributed by atoms with E-state index in [1.807, 2.05) is 36.1 Å². The first kappa shape index (κ1) is 19.4. The Kier molecular flexibility index (Phi) is 6.45. The molecular formula is C20H28N4O3. The minimum Gasteiger partial charge on any atom is -0.355 e. The topological polar surface area (TPSA) is 73.0 Å². The van der Waals surface area contributed by atoms with Crippen molar-refractivity contribution in [3.05, 3.63) is 29.8 Å². The van der Waals surface area contributed by atoms with Crippen molar-refractivity contribution in [3.63, 3.8) is 0 Å². The third-order valence-electron chi connectivity index (χ3n) is 5.10. The second kappa shape index (κ2) is 8.99. The molecule has 27 heavy (non-hydrogen) atoms. The van der Waals surface area contributed by atoms with Crippen molar-refractivity contribution < 1.29 is 14.4 Å². The molecule has 2 aliphatic rings. The van der Waals surface area contributed by atoms with Gasteiger partial charge in [0.05, 0.1) is 6.54 Å². The first-order chi connectivity index (χ1) is 13.1.